The van der Waals surface area contributed by atoms with Crippen molar-refractivity contribution in [3.8, 4) is 0 Å². The van der Waals surface area contributed by atoms with Gasteiger partial charge in [-0.05, 0) is 38.1 Å². The summed E-state index contributed by atoms with van der Waals surface area (Å²) in [5, 5.41) is 5.89. The van der Waals surface area contributed by atoms with Crippen molar-refractivity contribution in [2.75, 3.05) is 13.1 Å². The van der Waals surface area contributed by atoms with Crippen LogP contribution in [0.4, 0.5) is 0 Å². The van der Waals surface area contributed by atoms with Crippen molar-refractivity contribution >= 4 is 130 Å². The Morgan fingerprint density at radius 1 is 0.447 bits per heavy atom. The summed E-state index contributed by atoms with van der Waals surface area (Å²) < 4.78 is 2.71. The number of hydrogen-bond donors (Lipinski definition) is 0. The van der Waals surface area contributed by atoms with E-state index in [1.165, 1.54) is 9.80 Å². The molecule has 0 unspecified atom stereocenters. The molecular weight excluding hydrogens is 748 g/mol. The molecule has 6 nitrogen and oxygen atoms in total. The summed E-state index contributed by atoms with van der Waals surface area (Å²) in [6.45, 7) is 4.08. The molecule has 0 N–H and O–H groups in total. The van der Waals surface area contributed by atoms with Crippen LogP contribution in [0.2, 0.25) is 0 Å². The first-order valence-electron chi connectivity index (χ1n) is 11.8. The van der Waals surface area contributed by atoms with Crippen LogP contribution in [-0.4, -0.2) is 46.5 Å². The van der Waals surface area contributed by atoms with Crippen molar-refractivity contribution in [2.24, 2.45) is 0 Å². The fourth-order valence-electron chi connectivity index (χ4n) is 6.13. The molecule has 0 fully saturated rings. The third kappa shape index (κ3) is 2.77. The molecule has 0 spiro atoms. The van der Waals surface area contributed by atoms with Crippen LogP contribution in [0.25, 0.3) is 43.1 Å². The second kappa shape index (κ2) is 8.06. The van der Waals surface area contributed by atoms with E-state index >= 15 is 0 Å². The first-order valence-corrected chi connectivity index (χ1v) is 15.0. The van der Waals surface area contributed by atoms with Gasteiger partial charge in [0.2, 0.25) is 0 Å². The molecule has 0 saturated carbocycles. The van der Waals surface area contributed by atoms with Crippen LogP contribution in [0.3, 0.4) is 0 Å². The standard InChI is InChI=1S/C28H14Br4N2O4/c1-3-33-25(35)9-5-13(29)19-21-15(31)7-11-18-12(28(38)34(4-2)27(11)37)8-16(32)22(24(18)21)20-14(30)6-10(26(33)36)17(9)23(19)20/h5-8H,3-4H2,1-2H3. The Labute approximate surface area is 249 Å². The molecule has 0 aliphatic carbocycles. The molecule has 7 rings (SSSR count). The van der Waals surface area contributed by atoms with Gasteiger partial charge in [0.1, 0.15) is 0 Å². The summed E-state index contributed by atoms with van der Waals surface area (Å²) in [6.07, 6.45) is 0. The van der Waals surface area contributed by atoms with Crippen LogP contribution in [0.5, 0.6) is 0 Å². The first-order chi connectivity index (χ1) is 18.1. The predicted molar refractivity (Wildman–Crippen MR) is 161 cm³/mol. The van der Waals surface area contributed by atoms with E-state index in [9.17, 15) is 19.2 Å². The average molecular weight is 762 g/mol. The van der Waals surface area contributed by atoms with Crippen molar-refractivity contribution in [1.82, 2.24) is 9.80 Å². The van der Waals surface area contributed by atoms with Crippen molar-refractivity contribution in [2.45, 2.75) is 13.8 Å². The maximum atomic E-state index is 13.4. The molecule has 4 amide bonds. The molecule has 0 saturated heterocycles. The van der Waals surface area contributed by atoms with Crippen LogP contribution in [0.1, 0.15) is 55.3 Å². The van der Waals surface area contributed by atoms with Gasteiger partial charge in [-0.3, -0.25) is 29.0 Å². The largest absolute Gasteiger partial charge is 0.275 e. The molecule has 2 heterocycles. The molecule has 38 heavy (non-hydrogen) atoms. The number of carbonyl (C=O) groups excluding carboxylic acids is 4. The first kappa shape index (κ1) is 24.6. The van der Waals surface area contributed by atoms with Gasteiger partial charge < -0.3 is 0 Å². The lowest BCUT2D eigenvalue weighted by atomic mass is 9.82. The van der Waals surface area contributed by atoms with Gasteiger partial charge in [-0.25, -0.2) is 0 Å². The lowest BCUT2D eigenvalue weighted by molar-refractivity contribution is 0.0603. The average Bonchev–Trinajstić information content (AvgIpc) is 2.88. The van der Waals surface area contributed by atoms with Crippen molar-refractivity contribution < 1.29 is 19.2 Å². The zero-order valence-electron chi connectivity index (χ0n) is 19.8. The number of nitrogens with zero attached hydrogens (tertiary/aromatic N) is 2. The summed E-state index contributed by atoms with van der Waals surface area (Å²) in [6, 6.07) is 7.08. The fourth-order valence-corrected chi connectivity index (χ4v) is 8.64. The molecule has 10 heteroatoms. The molecule has 5 aromatic rings. The van der Waals surface area contributed by atoms with Crippen molar-refractivity contribution in [3.63, 3.8) is 0 Å². The Morgan fingerprint density at radius 2 is 0.684 bits per heavy atom. The molecule has 0 bridgehead atoms. The van der Waals surface area contributed by atoms with E-state index in [1.54, 1.807) is 38.1 Å². The highest BCUT2D eigenvalue weighted by molar-refractivity contribution is 9.11. The Morgan fingerprint density at radius 3 is 0.895 bits per heavy atom. The molecule has 2 aliphatic heterocycles. The zero-order valence-corrected chi connectivity index (χ0v) is 26.1. The van der Waals surface area contributed by atoms with E-state index in [4.69, 9.17) is 0 Å². The maximum absolute atomic E-state index is 13.4. The number of rotatable bonds is 2. The number of carbonyl (C=O) groups is 4. The normalized spacial score (nSPS) is 15.4. The van der Waals surface area contributed by atoms with E-state index in [-0.39, 0.29) is 36.7 Å². The summed E-state index contributed by atoms with van der Waals surface area (Å²) in [5.41, 5.74) is 1.80. The van der Waals surface area contributed by atoms with Crippen LogP contribution in [0, 0.1) is 0 Å². The van der Waals surface area contributed by atoms with Gasteiger partial charge in [-0.2, -0.15) is 0 Å². The van der Waals surface area contributed by atoms with Gasteiger partial charge in [0.05, 0.1) is 0 Å². The highest BCUT2D eigenvalue weighted by Crippen LogP contribution is 2.53. The molecule has 188 valence electrons. The van der Waals surface area contributed by atoms with Gasteiger partial charge in [-0.1, -0.05) is 63.7 Å². The summed E-state index contributed by atoms with van der Waals surface area (Å²) in [4.78, 5) is 56.2. The van der Waals surface area contributed by atoms with Gasteiger partial charge in [0, 0.05) is 96.3 Å². The highest BCUT2D eigenvalue weighted by Gasteiger charge is 2.38. The SMILES string of the molecule is CCN1C(=O)c2cc(Br)c3c4c(Br)cc5c6c(cc(Br)c(c7c(Br)cc(c2c37)C1=O)c64)C(=O)N(CC)C5=O. The zero-order chi connectivity index (χ0) is 26.9. The lowest BCUT2D eigenvalue weighted by Crippen LogP contribution is -2.40. The Bertz CT molecular complexity index is 1760. The van der Waals surface area contributed by atoms with Gasteiger partial charge in [-0.15, -0.1) is 0 Å². The monoisotopic (exact) mass is 758 g/mol. The molecule has 0 radical (unpaired) electrons. The number of hydrogen-bond acceptors (Lipinski definition) is 4. The second-order valence-electron chi connectivity index (χ2n) is 9.33. The molecular formula is C28H14Br4N2O4. The molecule has 0 aromatic heterocycles. The highest BCUT2D eigenvalue weighted by atomic mass is 79.9. The lowest BCUT2D eigenvalue weighted by Gasteiger charge is -2.31. The summed E-state index contributed by atoms with van der Waals surface area (Å²) in [5.74, 6) is -1.35. The minimum absolute atomic E-state index is 0.263. The summed E-state index contributed by atoms with van der Waals surface area (Å²) >= 11 is 14.9. The molecule has 5 aromatic carbocycles. The van der Waals surface area contributed by atoms with E-state index in [2.05, 4.69) is 63.7 Å². The number of imide groups is 2. The number of benzene rings is 5. The van der Waals surface area contributed by atoms with Gasteiger partial charge >= 0.3 is 0 Å². The quantitative estimate of drug-likeness (QED) is 0.104. The van der Waals surface area contributed by atoms with Crippen LogP contribution >= 0.6 is 63.7 Å². The van der Waals surface area contributed by atoms with Crippen LogP contribution in [-0.2, 0) is 0 Å². The summed E-state index contributed by atoms with van der Waals surface area (Å²) in [7, 11) is 0. The minimum Gasteiger partial charge on any atom is -0.275 e. The predicted octanol–water partition coefficient (Wildman–Crippen LogP) is 8.02. The second-order valence-corrected chi connectivity index (χ2v) is 12.8. The molecule has 2 aliphatic rings. The number of amides is 4. The van der Waals surface area contributed by atoms with Crippen LogP contribution < -0.4 is 0 Å². The van der Waals surface area contributed by atoms with Crippen molar-refractivity contribution in [3.05, 3.63) is 64.4 Å². The minimum atomic E-state index is -0.337. The number of halogens is 4. The fraction of sp³-hybridized carbons (Fsp3) is 0.143. The third-order valence-electron chi connectivity index (χ3n) is 7.65. The topological polar surface area (TPSA) is 74.8 Å². The Balaban J connectivity index is 1.83. The van der Waals surface area contributed by atoms with E-state index < -0.39 is 0 Å². The van der Waals surface area contributed by atoms with Crippen LogP contribution in [0.15, 0.2) is 42.2 Å². The molecule has 0 atom stereocenters. The third-order valence-corrected chi connectivity index (χ3v) is 10.2. The van der Waals surface area contributed by atoms with E-state index in [1.807, 2.05) is 0 Å². The number of fused-ring (bicyclic) bond motifs is 2. The Hall–Kier alpha value is -2.40. The van der Waals surface area contributed by atoms with Crippen molar-refractivity contribution in [1.29, 1.82) is 0 Å². The smallest absolute Gasteiger partial charge is 0.261 e. The van der Waals surface area contributed by atoms with E-state index in [0.29, 0.717) is 50.9 Å². The van der Waals surface area contributed by atoms with Gasteiger partial charge in [0.15, 0.2) is 0 Å². The Kier molecular flexibility index (Phi) is 5.23. The maximum Gasteiger partial charge on any atom is 0.261 e. The van der Waals surface area contributed by atoms with E-state index in [0.717, 1.165) is 32.3 Å². The van der Waals surface area contributed by atoms with Gasteiger partial charge in [0.25, 0.3) is 23.6 Å².